The van der Waals surface area contributed by atoms with Crippen LogP contribution in [0.15, 0.2) is 29.9 Å². The van der Waals surface area contributed by atoms with Crippen LogP contribution in [0.2, 0.25) is 5.02 Å². The van der Waals surface area contributed by atoms with E-state index in [4.69, 9.17) is 11.6 Å². The molecule has 0 aliphatic carbocycles. The van der Waals surface area contributed by atoms with Crippen molar-refractivity contribution in [1.82, 2.24) is 9.88 Å². The molecule has 3 nitrogen and oxygen atoms in total. The Labute approximate surface area is 134 Å². The van der Waals surface area contributed by atoms with Gasteiger partial charge in [0, 0.05) is 23.8 Å². The van der Waals surface area contributed by atoms with Crippen molar-refractivity contribution >= 4 is 28.8 Å². The van der Waals surface area contributed by atoms with E-state index in [1.54, 1.807) is 23.6 Å². The normalized spacial score (nSPS) is 10.9. The zero-order valence-electron chi connectivity index (χ0n) is 12.5. The number of aryl methyl sites for hydroxylation is 1. The maximum atomic E-state index is 12.8. The number of nitrogens with zero attached hydrogens (tertiary/aromatic N) is 2. The zero-order valence-corrected chi connectivity index (χ0v) is 14.0. The third-order valence-electron chi connectivity index (χ3n) is 3.18. The number of hydrogen-bond donors (Lipinski definition) is 0. The number of pyridine rings is 1. The van der Waals surface area contributed by atoms with E-state index in [1.807, 2.05) is 4.90 Å². The highest BCUT2D eigenvalue weighted by molar-refractivity contribution is 7.10. The van der Waals surface area contributed by atoms with E-state index in [1.165, 1.54) is 16.6 Å². The number of amides is 1. The van der Waals surface area contributed by atoms with Gasteiger partial charge in [-0.15, -0.1) is 11.3 Å². The van der Waals surface area contributed by atoms with Gasteiger partial charge in [0.05, 0.1) is 17.1 Å². The molecule has 5 heteroatoms. The van der Waals surface area contributed by atoms with Gasteiger partial charge in [-0.1, -0.05) is 25.4 Å². The number of carbonyl (C=O) groups is 1. The van der Waals surface area contributed by atoms with Gasteiger partial charge >= 0.3 is 0 Å². The second-order valence-corrected chi connectivity index (χ2v) is 6.87. The number of hydrogen-bond acceptors (Lipinski definition) is 3. The number of aromatic nitrogens is 1. The first-order chi connectivity index (χ1) is 9.99. The van der Waals surface area contributed by atoms with Gasteiger partial charge in [0.2, 0.25) is 0 Å². The summed E-state index contributed by atoms with van der Waals surface area (Å²) in [5.41, 5.74) is 1.74. The number of carbonyl (C=O) groups excluding carboxylic acids is 1. The Kier molecular flexibility index (Phi) is 5.37. The number of halogens is 1. The van der Waals surface area contributed by atoms with Gasteiger partial charge in [0.15, 0.2) is 0 Å². The Morgan fingerprint density at radius 3 is 2.76 bits per heavy atom. The minimum Gasteiger partial charge on any atom is -0.333 e. The highest BCUT2D eigenvalue weighted by Crippen LogP contribution is 2.22. The van der Waals surface area contributed by atoms with Gasteiger partial charge in [-0.25, -0.2) is 0 Å². The van der Waals surface area contributed by atoms with Crippen LogP contribution < -0.4 is 0 Å². The Balaban J connectivity index is 2.25. The van der Waals surface area contributed by atoms with Gasteiger partial charge in [0.1, 0.15) is 0 Å². The summed E-state index contributed by atoms with van der Waals surface area (Å²) in [6.07, 6.45) is 3.11. The van der Waals surface area contributed by atoms with Crippen LogP contribution in [0.4, 0.5) is 0 Å². The summed E-state index contributed by atoms with van der Waals surface area (Å²) < 4.78 is 0. The van der Waals surface area contributed by atoms with Crippen molar-refractivity contribution in [3.05, 3.63) is 50.9 Å². The third-order valence-corrected chi connectivity index (χ3v) is 4.49. The van der Waals surface area contributed by atoms with Crippen LogP contribution in [-0.4, -0.2) is 22.3 Å². The highest BCUT2D eigenvalue weighted by atomic mass is 35.5. The quantitative estimate of drug-likeness (QED) is 0.817. The highest BCUT2D eigenvalue weighted by Gasteiger charge is 2.20. The monoisotopic (exact) mass is 322 g/mol. The fraction of sp³-hybridized carbons (Fsp3) is 0.375. The molecule has 0 spiro atoms. The molecule has 2 rings (SSSR count). The minimum absolute atomic E-state index is 0.0381. The summed E-state index contributed by atoms with van der Waals surface area (Å²) in [6, 6.07) is 3.76. The minimum atomic E-state index is -0.0381. The molecule has 0 fully saturated rings. The van der Waals surface area contributed by atoms with Crippen molar-refractivity contribution < 1.29 is 4.79 Å². The average molecular weight is 323 g/mol. The number of thiophene rings is 1. The van der Waals surface area contributed by atoms with Gasteiger partial charge in [-0.2, -0.15) is 0 Å². The summed E-state index contributed by atoms with van der Waals surface area (Å²) in [4.78, 5) is 19.8. The molecule has 0 saturated carbocycles. The summed E-state index contributed by atoms with van der Waals surface area (Å²) in [5, 5.41) is 2.46. The number of rotatable bonds is 5. The van der Waals surface area contributed by atoms with E-state index in [2.05, 4.69) is 37.2 Å². The fourth-order valence-corrected chi connectivity index (χ4v) is 3.24. The first-order valence-corrected chi connectivity index (χ1v) is 8.16. The first-order valence-electron chi connectivity index (χ1n) is 6.90. The van der Waals surface area contributed by atoms with Gasteiger partial charge in [-0.05, 0) is 35.9 Å². The molecule has 0 atom stereocenters. The molecular weight excluding hydrogens is 304 g/mol. The van der Waals surface area contributed by atoms with Crippen LogP contribution >= 0.6 is 22.9 Å². The van der Waals surface area contributed by atoms with Crippen LogP contribution in [0.25, 0.3) is 0 Å². The van der Waals surface area contributed by atoms with Gasteiger partial charge < -0.3 is 4.90 Å². The van der Waals surface area contributed by atoms with E-state index >= 15 is 0 Å². The Hall–Kier alpha value is -1.39. The first kappa shape index (κ1) is 16.0. The predicted octanol–water partition coefficient (Wildman–Crippen LogP) is 4.40. The van der Waals surface area contributed by atoms with E-state index in [0.29, 0.717) is 29.6 Å². The predicted molar refractivity (Wildman–Crippen MR) is 87.9 cm³/mol. The van der Waals surface area contributed by atoms with Crippen molar-refractivity contribution in [2.45, 2.75) is 27.3 Å². The molecule has 0 saturated heterocycles. The van der Waals surface area contributed by atoms with Crippen LogP contribution in [0, 0.1) is 12.8 Å². The van der Waals surface area contributed by atoms with Crippen LogP contribution in [0.1, 0.15) is 34.6 Å². The van der Waals surface area contributed by atoms with E-state index in [-0.39, 0.29) is 5.91 Å². The SMILES string of the molecule is Cc1ccsc1CN(CC(C)C)C(=O)c1ccncc1Cl. The van der Waals surface area contributed by atoms with Crippen molar-refractivity contribution in [2.24, 2.45) is 5.92 Å². The molecule has 0 unspecified atom stereocenters. The van der Waals surface area contributed by atoms with Crippen molar-refractivity contribution in [1.29, 1.82) is 0 Å². The molecule has 112 valence electrons. The van der Waals surface area contributed by atoms with E-state index < -0.39 is 0 Å². The Morgan fingerprint density at radius 1 is 1.43 bits per heavy atom. The average Bonchev–Trinajstić information content (AvgIpc) is 2.83. The second kappa shape index (κ2) is 7.05. The molecule has 2 aromatic rings. The summed E-state index contributed by atoms with van der Waals surface area (Å²) in [7, 11) is 0. The Bertz CT molecular complexity index is 624. The molecule has 0 aliphatic rings. The van der Waals surface area contributed by atoms with Crippen molar-refractivity contribution in [2.75, 3.05) is 6.54 Å². The smallest absolute Gasteiger partial charge is 0.255 e. The lowest BCUT2D eigenvalue weighted by Crippen LogP contribution is -2.33. The molecule has 0 aliphatic heterocycles. The lowest BCUT2D eigenvalue weighted by atomic mass is 10.1. The molecule has 0 N–H and O–H groups in total. The Morgan fingerprint density at radius 2 is 2.19 bits per heavy atom. The lowest BCUT2D eigenvalue weighted by molar-refractivity contribution is 0.0724. The summed E-state index contributed by atoms with van der Waals surface area (Å²) >= 11 is 7.79. The van der Waals surface area contributed by atoms with Crippen molar-refractivity contribution in [3.8, 4) is 0 Å². The van der Waals surface area contributed by atoms with Gasteiger partial charge in [-0.3, -0.25) is 9.78 Å². The zero-order chi connectivity index (χ0) is 15.4. The van der Waals surface area contributed by atoms with Crippen LogP contribution in [0.5, 0.6) is 0 Å². The van der Waals surface area contributed by atoms with Crippen molar-refractivity contribution in [3.63, 3.8) is 0 Å². The molecule has 0 bridgehead atoms. The summed E-state index contributed by atoms with van der Waals surface area (Å²) in [6.45, 7) is 7.61. The molecule has 21 heavy (non-hydrogen) atoms. The van der Waals surface area contributed by atoms with E-state index in [9.17, 15) is 4.79 Å². The largest absolute Gasteiger partial charge is 0.333 e. The molecule has 0 aromatic carbocycles. The standard InChI is InChI=1S/C16H19ClN2OS/c1-11(2)9-19(10-15-12(3)5-7-21-15)16(20)13-4-6-18-8-14(13)17/h4-8,11H,9-10H2,1-3H3. The topological polar surface area (TPSA) is 33.2 Å². The lowest BCUT2D eigenvalue weighted by Gasteiger charge is -2.25. The van der Waals surface area contributed by atoms with Gasteiger partial charge in [0.25, 0.3) is 5.91 Å². The maximum Gasteiger partial charge on any atom is 0.255 e. The molecule has 2 heterocycles. The summed E-state index contributed by atoms with van der Waals surface area (Å²) in [5.74, 6) is 0.360. The van der Waals surface area contributed by atoms with E-state index in [0.717, 1.165) is 0 Å². The molecule has 0 radical (unpaired) electrons. The molecule has 1 amide bonds. The fourth-order valence-electron chi connectivity index (χ4n) is 2.12. The third kappa shape index (κ3) is 4.05. The molecular formula is C16H19ClN2OS. The maximum absolute atomic E-state index is 12.8. The van der Waals surface area contributed by atoms with Crippen LogP contribution in [-0.2, 0) is 6.54 Å². The molecule has 2 aromatic heterocycles. The second-order valence-electron chi connectivity index (χ2n) is 5.46. The van der Waals surface area contributed by atoms with Crippen LogP contribution in [0.3, 0.4) is 0 Å².